The van der Waals surface area contributed by atoms with Crippen molar-refractivity contribution in [3.63, 3.8) is 0 Å². The minimum absolute atomic E-state index is 0.0214. The molecule has 2 aliphatic heterocycles. The van der Waals surface area contributed by atoms with Crippen molar-refractivity contribution < 1.29 is 9.59 Å². The summed E-state index contributed by atoms with van der Waals surface area (Å²) in [6.07, 6.45) is 10.1. The number of likely N-dealkylation sites (tertiary alicyclic amines) is 2. The number of halogens is 1. The van der Waals surface area contributed by atoms with Crippen molar-refractivity contribution >= 4 is 56.6 Å². The summed E-state index contributed by atoms with van der Waals surface area (Å²) in [7, 11) is 0. The van der Waals surface area contributed by atoms with Crippen LogP contribution in [0, 0.1) is 0 Å². The third-order valence-electron chi connectivity index (χ3n) is 7.93. The molecule has 5 rings (SSSR count). The average Bonchev–Trinajstić information content (AvgIpc) is 3.64. The zero-order chi connectivity index (χ0) is 27.0. The van der Waals surface area contributed by atoms with Crippen molar-refractivity contribution in [2.24, 2.45) is 0 Å². The molecule has 3 aromatic rings. The number of pyridine rings is 1. The molecule has 0 saturated carbocycles. The molecule has 0 bridgehead atoms. The minimum Gasteiger partial charge on any atom is -0.326 e. The number of nitrogens with one attached hydrogen (secondary N) is 2. The van der Waals surface area contributed by atoms with E-state index < -0.39 is 0 Å². The van der Waals surface area contributed by atoms with Gasteiger partial charge in [0.25, 0.3) is 0 Å². The van der Waals surface area contributed by atoms with Crippen LogP contribution < -0.4 is 10.6 Å². The van der Waals surface area contributed by atoms with E-state index in [4.69, 9.17) is 16.6 Å². The van der Waals surface area contributed by atoms with Gasteiger partial charge in [0.1, 0.15) is 0 Å². The number of aromatic nitrogens is 1. The Hall–Kier alpha value is -2.74. The van der Waals surface area contributed by atoms with E-state index in [1.165, 1.54) is 51.9 Å². The average molecular weight is 550 g/mol. The van der Waals surface area contributed by atoms with Crippen LogP contribution in [-0.2, 0) is 9.59 Å². The van der Waals surface area contributed by atoms with Gasteiger partial charge < -0.3 is 20.4 Å². The van der Waals surface area contributed by atoms with Crippen molar-refractivity contribution in [3.8, 4) is 0 Å². The van der Waals surface area contributed by atoms with Gasteiger partial charge in [0, 0.05) is 35.0 Å². The number of unbranched alkanes of at least 4 members (excludes halogenated alkanes) is 2. The number of hydrogen-bond donors (Lipinski definition) is 2. The first-order chi connectivity index (χ1) is 19.0. The van der Waals surface area contributed by atoms with Crippen LogP contribution in [0.1, 0.15) is 64.2 Å². The monoisotopic (exact) mass is 549 g/mol. The second-order valence-electron chi connectivity index (χ2n) is 11.0. The number of anilines is 2. The van der Waals surface area contributed by atoms with Gasteiger partial charge in [-0.3, -0.25) is 9.59 Å². The number of rotatable bonds is 12. The van der Waals surface area contributed by atoms with Crippen LogP contribution in [0.4, 0.5) is 11.4 Å². The van der Waals surface area contributed by atoms with E-state index in [2.05, 4.69) is 20.4 Å². The van der Waals surface area contributed by atoms with Crippen LogP contribution in [0.25, 0.3) is 21.8 Å². The van der Waals surface area contributed by atoms with Crippen LogP contribution in [0.15, 0.2) is 36.4 Å². The highest BCUT2D eigenvalue weighted by Gasteiger charge is 2.14. The largest absolute Gasteiger partial charge is 0.326 e. The van der Waals surface area contributed by atoms with Gasteiger partial charge in [-0.1, -0.05) is 11.6 Å². The maximum Gasteiger partial charge on any atom is 0.224 e. The van der Waals surface area contributed by atoms with Crippen LogP contribution in [0.3, 0.4) is 0 Å². The molecular formula is C31H40ClN5O2. The van der Waals surface area contributed by atoms with Crippen LogP contribution in [0.2, 0.25) is 5.02 Å². The Labute approximate surface area is 236 Å². The Morgan fingerprint density at radius 3 is 1.56 bits per heavy atom. The Morgan fingerprint density at radius 1 is 0.692 bits per heavy atom. The van der Waals surface area contributed by atoms with E-state index in [0.29, 0.717) is 40.3 Å². The van der Waals surface area contributed by atoms with Crippen molar-refractivity contribution in [2.75, 3.05) is 49.9 Å². The molecule has 0 unspecified atom stereocenters. The fourth-order valence-corrected chi connectivity index (χ4v) is 6.07. The number of hydrogen-bond acceptors (Lipinski definition) is 5. The highest BCUT2D eigenvalue weighted by atomic mass is 35.5. The summed E-state index contributed by atoms with van der Waals surface area (Å²) in [5.74, 6) is 0.0428. The van der Waals surface area contributed by atoms with Gasteiger partial charge in [0.2, 0.25) is 11.8 Å². The summed E-state index contributed by atoms with van der Waals surface area (Å²) < 4.78 is 0. The Balaban J connectivity index is 1.16. The lowest BCUT2D eigenvalue weighted by Gasteiger charge is -2.14. The molecule has 0 radical (unpaired) electrons. The molecule has 2 fully saturated rings. The molecule has 208 valence electrons. The summed E-state index contributed by atoms with van der Waals surface area (Å²) in [4.78, 5) is 34.8. The topological polar surface area (TPSA) is 77.6 Å². The molecule has 8 heteroatoms. The highest BCUT2D eigenvalue weighted by Crippen LogP contribution is 2.33. The molecule has 0 spiro atoms. The van der Waals surface area contributed by atoms with E-state index in [9.17, 15) is 9.59 Å². The molecule has 2 N–H and O–H groups in total. The Morgan fingerprint density at radius 2 is 1.13 bits per heavy atom. The number of nitrogens with zero attached hydrogens (tertiary/aromatic N) is 3. The van der Waals surface area contributed by atoms with Gasteiger partial charge in [0.05, 0.1) is 16.1 Å². The molecule has 3 heterocycles. The lowest BCUT2D eigenvalue weighted by Crippen LogP contribution is -2.20. The van der Waals surface area contributed by atoms with Gasteiger partial charge in [-0.25, -0.2) is 4.98 Å². The predicted molar refractivity (Wildman–Crippen MR) is 161 cm³/mol. The van der Waals surface area contributed by atoms with E-state index in [0.717, 1.165) is 49.5 Å². The van der Waals surface area contributed by atoms with Gasteiger partial charge in [-0.2, -0.15) is 0 Å². The number of benzene rings is 2. The summed E-state index contributed by atoms with van der Waals surface area (Å²) >= 11 is 6.74. The van der Waals surface area contributed by atoms with Gasteiger partial charge in [-0.05, 0) is 127 Å². The molecule has 2 aromatic carbocycles. The van der Waals surface area contributed by atoms with Gasteiger partial charge in [0.15, 0.2) is 0 Å². The third kappa shape index (κ3) is 7.68. The SMILES string of the molecule is O=C(CCCCN1CCCC1)Nc1ccc2c(Cl)c3ccc(NC(=O)CCCCN4CCCC4)cc3nc2c1. The summed E-state index contributed by atoms with van der Waals surface area (Å²) in [6.45, 7) is 6.95. The first-order valence-electron chi connectivity index (χ1n) is 14.6. The number of carbonyl (C=O) groups excluding carboxylic acids is 2. The molecule has 1 aromatic heterocycles. The minimum atomic E-state index is 0.0214. The fourth-order valence-electron chi connectivity index (χ4n) is 5.75. The second kappa shape index (κ2) is 13.6. The van der Waals surface area contributed by atoms with Crippen molar-refractivity contribution in [1.29, 1.82) is 0 Å². The maximum absolute atomic E-state index is 12.5. The standard InChI is InChI=1S/C31H40ClN5O2/c32-31-25-13-11-23(33-29(38)9-1-3-15-36-17-5-6-18-36)21-27(25)35-28-22-24(12-14-26(28)31)34-30(39)10-2-4-16-37-19-7-8-20-37/h11-14,21-22H,1-10,15-20H2,(H,33,38)(H,34,39). The first-order valence-corrected chi connectivity index (χ1v) is 15.0. The van der Waals surface area contributed by atoms with Crippen molar-refractivity contribution in [2.45, 2.75) is 64.2 Å². The summed E-state index contributed by atoms with van der Waals surface area (Å²) in [5, 5.41) is 8.32. The maximum atomic E-state index is 12.5. The molecule has 0 aliphatic carbocycles. The molecule has 39 heavy (non-hydrogen) atoms. The first kappa shape index (κ1) is 27.8. The van der Waals surface area contributed by atoms with Gasteiger partial charge in [-0.15, -0.1) is 0 Å². The van der Waals surface area contributed by atoms with E-state index in [-0.39, 0.29) is 11.8 Å². The van der Waals surface area contributed by atoms with Crippen LogP contribution >= 0.6 is 11.6 Å². The predicted octanol–water partition coefficient (Wildman–Crippen LogP) is 6.45. The summed E-state index contributed by atoms with van der Waals surface area (Å²) in [5.41, 5.74) is 2.86. The Bertz CT molecular complexity index is 1210. The summed E-state index contributed by atoms with van der Waals surface area (Å²) in [6, 6.07) is 11.3. The number of fused-ring (bicyclic) bond motifs is 2. The molecule has 0 atom stereocenters. The lowest BCUT2D eigenvalue weighted by atomic mass is 10.1. The normalized spacial score (nSPS) is 16.3. The smallest absolute Gasteiger partial charge is 0.224 e. The van der Waals surface area contributed by atoms with E-state index in [1.807, 2.05) is 36.4 Å². The highest BCUT2D eigenvalue weighted by molar-refractivity contribution is 6.40. The second-order valence-corrected chi connectivity index (χ2v) is 11.4. The Kier molecular flexibility index (Phi) is 9.67. The molecule has 2 saturated heterocycles. The van der Waals surface area contributed by atoms with Crippen LogP contribution in [0.5, 0.6) is 0 Å². The quantitative estimate of drug-likeness (QED) is 0.200. The van der Waals surface area contributed by atoms with Crippen LogP contribution in [-0.4, -0.2) is 65.9 Å². The number of carbonyl (C=O) groups is 2. The lowest BCUT2D eigenvalue weighted by molar-refractivity contribution is -0.117. The number of amides is 2. The van der Waals surface area contributed by atoms with Crippen molar-refractivity contribution in [3.05, 3.63) is 41.4 Å². The molecular weight excluding hydrogens is 510 g/mol. The zero-order valence-electron chi connectivity index (χ0n) is 22.8. The fraction of sp³-hybridized carbons (Fsp3) is 0.516. The molecule has 2 aliphatic rings. The van der Waals surface area contributed by atoms with E-state index >= 15 is 0 Å². The van der Waals surface area contributed by atoms with Crippen molar-refractivity contribution in [1.82, 2.24) is 14.8 Å². The van der Waals surface area contributed by atoms with Gasteiger partial charge >= 0.3 is 0 Å². The van der Waals surface area contributed by atoms with E-state index in [1.54, 1.807) is 0 Å². The zero-order valence-corrected chi connectivity index (χ0v) is 23.6. The third-order valence-corrected chi connectivity index (χ3v) is 8.34. The molecule has 7 nitrogen and oxygen atoms in total. The molecule has 2 amide bonds.